The van der Waals surface area contributed by atoms with Gasteiger partial charge in [-0.1, -0.05) is 28.6 Å². The van der Waals surface area contributed by atoms with Gasteiger partial charge in [0.25, 0.3) is 0 Å². The summed E-state index contributed by atoms with van der Waals surface area (Å²) in [6.07, 6.45) is 7.10. The van der Waals surface area contributed by atoms with Crippen molar-refractivity contribution in [2.45, 2.75) is 12.8 Å². The van der Waals surface area contributed by atoms with Crippen molar-refractivity contribution in [3.63, 3.8) is 0 Å². The third-order valence-corrected chi connectivity index (χ3v) is 2.43. The normalized spacial score (nSPS) is 19.8. The minimum absolute atomic E-state index is 0.321. The number of hydrogen-bond acceptors (Lipinski definition) is 2. The number of hydrogen-bond donors (Lipinski definition) is 0. The summed E-state index contributed by atoms with van der Waals surface area (Å²) >= 11 is 3.26. The number of nitrogens with zero attached hydrogens (tertiary/aromatic N) is 2. The molecule has 68 valence electrons. The van der Waals surface area contributed by atoms with Crippen molar-refractivity contribution in [1.82, 2.24) is 0 Å². The summed E-state index contributed by atoms with van der Waals surface area (Å²) in [6, 6.07) is 2.28. The van der Waals surface area contributed by atoms with Crippen LogP contribution in [0.15, 0.2) is 29.9 Å². The molecule has 0 saturated heterocycles. The Morgan fingerprint density at radius 3 is 2.77 bits per heavy atom. The number of aliphatic imine (C=N–C) groups is 1. The highest BCUT2D eigenvalue weighted by molar-refractivity contribution is 9.09. The van der Waals surface area contributed by atoms with Crippen LogP contribution in [0.4, 0.5) is 0 Å². The van der Waals surface area contributed by atoms with Gasteiger partial charge in [-0.05, 0) is 18.9 Å². The van der Waals surface area contributed by atoms with Crippen LogP contribution in [0, 0.1) is 16.7 Å². The molecule has 0 atom stereocenters. The summed E-state index contributed by atoms with van der Waals surface area (Å²) in [4.78, 5) is 4.20. The molecule has 3 heteroatoms. The van der Waals surface area contributed by atoms with Crippen molar-refractivity contribution >= 4 is 21.6 Å². The van der Waals surface area contributed by atoms with E-state index in [0.29, 0.717) is 0 Å². The van der Waals surface area contributed by atoms with Crippen LogP contribution in [0.2, 0.25) is 0 Å². The van der Waals surface area contributed by atoms with Crippen LogP contribution in [0.5, 0.6) is 0 Å². The number of rotatable bonds is 4. The van der Waals surface area contributed by atoms with Gasteiger partial charge >= 0.3 is 0 Å². The Bertz CT molecular complexity index is 293. The third-order valence-electron chi connectivity index (χ3n) is 2.06. The summed E-state index contributed by atoms with van der Waals surface area (Å²) in [5, 5.41) is 9.68. The van der Waals surface area contributed by atoms with E-state index in [1.165, 1.54) is 0 Å². The molecule has 0 heterocycles. The zero-order valence-corrected chi connectivity index (χ0v) is 8.92. The van der Waals surface area contributed by atoms with Crippen LogP contribution in [-0.4, -0.2) is 11.0 Å². The molecule has 0 radical (unpaired) electrons. The fraction of sp³-hybridized carbons (Fsp3) is 0.400. The molecule has 0 aliphatic heterocycles. The highest BCUT2D eigenvalue weighted by atomic mass is 79.9. The van der Waals surface area contributed by atoms with Crippen LogP contribution >= 0.6 is 15.9 Å². The lowest BCUT2D eigenvalue weighted by Gasteiger charge is -2.02. The van der Waals surface area contributed by atoms with E-state index in [4.69, 9.17) is 5.26 Å². The second kappa shape index (κ2) is 4.38. The first-order valence-corrected chi connectivity index (χ1v) is 5.24. The van der Waals surface area contributed by atoms with Crippen LogP contribution in [-0.2, 0) is 0 Å². The topological polar surface area (TPSA) is 36.1 Å². The first-order valence-electron chi connectivity index (χ1n) is 4.12. The van der Waals surface area contributed by atoms with E-state index in [-0.39, 0.29) is 5.41 Å². The van der Waals surface area contributed by atoms with Crippen molar-refractivity contribution in [3.8, 4) is 6.07 Å². The molecule has 13 heavy (non-hydrogen) atoms. The van der Waals surface area contributed by atoms with Crippen molar-refractivity contribution in [2.24, 2.45) is 10.4 Å². The molecule has 0 N–H and O–H groups in total. The minimum atomic E-state index is -0.321. The fourth-order valence-corrected chi connectivity index (χ4v) is 1.26. The van der Waals surface area contributed by atoms with E-state index in [9.17, 15) is 0 Å². The van der Waals surface area contributed by atoms with Gasteiger partial charge in [-0.3, -0.25) is 4.99 Å². The van der Waals surface area contributed by atoms with Gasteiger partial charge in [0.1, 0.15) is 0 Å². The summed E-state index contributed by atoms with van der Waals surface area (Å²) in [5.41, 5.74) is 0.477. The van der Waals surface area contributed by atoms with Crippen LogP contribution in [0.3, 0.4) is 0 Å². The van der Waals surface area contributed by atoms with Crippen LogP contribution in [0.25, 0.3) is 0 Å². The van der Waals surface area contributed by atoms with Gasteiger partial charge in [-0.25, -0.2) is 0 Å². The van der Waals surface area contributed by atoms with E-state index in [0.717, 1.165) is 23.9 Å². The number of alkyl halides is 1. The van der Waals surface area contributed by atoms with Gasteiger partial charge in [-0.2, -0.15) is 5.26 Å². The predicted molar refractivity (Wildman–Crippen MR) is 57.8 cm³/mol. The lowest BCUT2D eigenvalue weighted by atomic mass is 10.0. The SMILES string of the molecule is C=C/C(=N\C=C/CBr)C1(C#N)CC1. The molecule has 1 aliphatic carbocycles. The maximum atomic E-state index is 8.90. The van der Waals surface area contributed by atoms with Gasteiger partial charge in [0.15, 0.2) is 0 Å². The molecule has 0 aromatic rings. The second-order valence-corrected chi connectivity index (χ2v) is 3.60. The highest BCUT2D eigenvalue weighted by Gasteiger charge is 2.46. The Morgan fingerprint density at radius 1 is 1.69 bits per heavy atom. The van der Waals surface area contributed by atoms with Crippen molar-refractivity contribution < 1.29 is 0 Å². The zero-order chi connectivity index (χ0) is 9.73. The summed E-state index contributed by atoms with van der Waals surface area (Å²) in [5.74, 6) is 0. The van der Waals surface area contributed by atoms with Gasteiger partial charge < -0.3 is 0 Å². The van der Waals surface area contributed by atoms with E-state index < -0.39 is 0 Å². The maximum absolute atomic E-state index is 8.90. The Kier molecular flexibility index (Phi) is 3.44. The van der Waals surface area contributed by atoms with E-state index in [1.807, 2.05) is 6.08 Å². The first kappa shape index (κ1) is 10.2. The lowest BCUT2D eigenvalue weighted by molar-refractivity contribution is 0.942. The lowest BCUT2D eigenvalue weighted by Crippen LogP contribution is -2.09. The predicted octanol–water partition coefficient (Wildman–Crippen LogP) is 2.83. The smallest absolute Gasteiger partial charge is 0.0994 e. The van der Waals surface area contributed by atoms with Crippen LogP contribution < -0.4 is 0 Å². The number of nitriles is 1. The van der Waals surface area contributed by atoms with Gasteiger partial charge in [0.05, 0.1) is 17.2 Å². The number of allylic oxidation sites excluding steroid dienone is 2. The zero-order valence-electron chi connectivity index (χ0n) is 7.33. The Balaban J connectivity index is 2.74. The number of halogens is 1. The Hall–Kier alpha value is -0.880. The van der Waals surface area contributed by atoms with Gasteiger partial charge in [0, 0.05) is 11.5 Å². The van der Waals surface area contributed by atoms with E-state index in [1.54, 1.807) is 12.3 Å². The fourth-order valence-electron chi connectivity index (χ4n) is 1.09. The summed E-state index contributed by atoms with van der Waals surface area (Å²) in [7, 11) is 0. The quantitative estimate of drug-likeness (QED) is 0.548. The highest BCUT2D eigenvalue weighted by Crippen LogP contribution is 2.46. The van der Waals surface area contributed by atoms with E-state index in [2.05, 4.69) is 33.6 Å². The summed E-state index contributed by atoms with van der Waals surface area (Å²) in [6.45, 7) is 3.67. The maximum Gasteiger partial charge on any atom is 0.0994 e. The second-order valence-electron chi connectivity index (χ2n) is 2.95. The van der Waals surface area contributed by atoms with Crippen molar-refractivity contribution in [3.05, 3.63) is 24.9 Å². The molecule has 0 amide bonds. The van der Waals surface area contributed by atoms with Gasteiger partial charge in [0.2, 0.25) is 0 Å². The molecule has 1 rings (SSSR count). The molecule has 0 aromatic carbocycles. The molecule has 0 unspecified atom stereocenters. The van der Waals surface area contributed by atoms with Gasteiger partial charge in [-0.15, -0.1) is 0 Å². The molecule has 2 nitrogen and oxygen atoms in total. The Labute approximate surface area is 86.8 Å². The van der Waals surface area contributed by atoms with Crippen molar-refractivity contribution in [2.75, 3.05) is 5.33 Å². The minimum Gasteiger partial charge on any atom is -0.260 e. The van der Waals surface area contributed by atoms with Crippen LogP contribution in [0.1, 0.15) is 12.8 Å². The molecule has 1 saturated carbocycles. The third kappa shape index (κ3) is 2.28. The molecule has 0 aromatic heterocycles. The molecular weight excluding hydrogens is 228 g/mol. The molecule has 1 fully saturated rings. The average molecular weight is 239 g/mol. The first-order chi connectivity index (χ1) is 6.29. The van der Waals surface area contributed by atoms with E-state index >= 15 is 0 Å². The molecule has 0 bridgehead atoms. The van der Waals surface area contributed by atoms with Crippen molar-refractivity contribution in [1.29, 1.82) is 5.26 Å². The summed E-state index contributed by atoms with van der Waals surface area (Å²) < 4.78 is 0. The standard InChI is InChI=1S/C10H11BrN2/c1-2-9(13-7-3-6-11)10(8-12)4-5-10/h2-3,7H,1,4-6H2/b7-3-,13-9+. The monoisotopic (exact) mass is 238 g/mol. The largest absolute Gasteiger partial charge is 0.260 e. The molecular formula is C10H11BrN2. The average Bonchev–Trinajstić information content (AvgIpc) is 2.93. The Morgan fingerprint density at radius 2 is 2.38 bits per heavy atom. The molecule has 0 spiro atoms. The molecule has 1 aliphatic rings.